The highest BCUT2D eigenvalue weighted by atomic mass is 35.5. The van der Waals surface area contributed by atoms with Crippen molar-refractivity contribution in [3.05, 3.63) is 123 Å². The summed E-state index contributed by atoms with van der Waals surface area (Å²) in [6, 6.07) is 21.9. The van der Waals surface area contributed by atoms with Crippen LogP contribution in [0.4, 0.5) is 9.52 Å². The van der Waals surface area contributed by atoms with Gasteiger partial charge in [0.2, 0.25) is 5.13 Å². The van der Waals surface area contributed by atoms with Gasteiger partial charge in [0.1, 0.15) is 11.6 Å². The zero-order chi connectivity index (χ0) is 29.5. The number of aliphatic hydroxyl groups is 1. The number of aryl methyl sites for hydroxylation is 1. The Morgan fingerprint density at radius 1 is 1.00 bits per heavy atom. The summed E-state index contributed by atoms with van der Waals surface area (Å²) in [6.45, 7) is 1.58. The number of ketones is 1. The van der Waals surface area contributed by atoms with Gasteiger partial charge in [0.25, 0.3) is 5.78 Å². The summed E-state index contributed by atoms with van der Waals surface area (Å²) in [5, 5.41) is 22.7. The second-order valence-electron chi connectivity index (χ2n) is 9.58. The molecule has 1 aliphatic heterocycles. The van der Waals surface area contributed by atoms with Crippen LogP contribution in [0.1, 0.15) is 28.3 Å². The Bertz CT molecular complexity index is 1920. The standard InChI is InChI=1S/C31H20Cl2FN3O3S2/c1-16-9-10-19(14-24(16)34)27(38)25-26(18-11-12-22(32)23(33)13-18)37(29(40)28(25)39)30-35-36-31(42-30)41-15-20-7-4-6-17-5-2-3-8-21(17)20/h2-14,26,38H,15H2,1H3/t26-/m0/s1. The van der Waals surface area contributed by atoms with Crippen LogP contribution in [0, 0.1) is 12.7 Å². The van der Waals surface area contributed by atoms with E-state index >= 15 is 0 Å². The molecule has 1 amide bonds. The number of halogens is 3. The molecule has 6 nitrogen and oxygen atoms in total. The third kappa shape index (κ3) is 5.18. The molecule has 5 aromatic rings. The Hall–Kier alpha value is -3.76. The number of Topliss-reactive ketones (excluding diaryl/α,β-unsaturated/α-hetero) is 1. The number of fused-ring (bicyclic) bond motifs is 1. The van der Waals surface area contributed by atoms with Gasteiger partial charge in [-0.15, -0.1) is 10.2 Å². The minimum absolute atomic E-state index is 0.0600. The van der Waals surface area contributed by atoms with Gasteiger partial charge in [-0.3, -0.25) is 14.5 Å². The molecule has 0 aliphatic carbocycles. The molecule has 0 spiro atoms. The zero-order valence-electron chi connectivity index (χ0n) is 21.8. The van der Waals surface area contributed by atoms with E-state index < -0.39 is 29.3 Å². The Morgan fingerprint density at radius 3 is 2.57 bits per heavy atom. The maximum atomic E-state index is 14.4. The summed E-state index contributed by atoms with van der Waals surface area (Å²) >= 11 is 15.1. The number of amides is 1. The molecule has 6 rings (SSSR count). The number of hydrogen-bond acceptors (Lipinski definition) is 7. The predicted molar refractivity (Wildman–Crippen MR) is 166 cm³/mol. The number of aliphatic hydroxyl groups excluding tert-OH is 1. The summed E-state index contributed by atoms with van der Waals surface area (Å²) < 4.78 is 15.0. The molecule has 1 N–H and O–H groups in total. The molecule has 11 heteroatoms. The van der Waals surface area contributed by atoms with E-state index in [-0.39, 0.29) is 26.3 Å². The van der Waals surface area contributed by atoms with E-state index in [9.17, 15) is 19.1 Å². The first-order valence-electron chi connectivity index (χ1n) is 12.7. The molecule has 1 fully saturated rings. The molecule has 4 aromatic carbocycles. The highest BCUT2D eigenvalue weighted by Crippen LogP contribution is 2.45. The second-order valence-corrected chi connectivity index (χ2v) is 12.6. The van der Waals surface area contributed by atoms with Crippen molar-refractivity contribution in [1.29, 1.82) is 0 Å². The van der Waals surface area contributed by atoms with Crippen molar-refractivity contribution in [1.82, 2.24) is 10.2 Å². The number of benzene rings is 4. The summed E-state index contributed by atoms with van der Waals surface area (Å²) in [6.07, 6.45) is 0. The zero-order valence-corrected chi connectivity index (χ0v) is 25.0. The first kappa shape index (κ1) is 28.4. The molecular weight excluding hydrogens is 616 g/mol. The second kappa shape index (κ2) is 11.5. The minimum atomic E-state index is -1.10. The molecule has 0 radical (unpaired) electrons. The minimum Gasteiger partial charge on any atom is -0.507 e. The van der Waals surface area contributed by atoms with E-state index in [2.05, 4.69) is 28.4 Å². The lowest BCUT2D eigenvalue weighted by molar-refractivity contribution is -0.132. The molecule has 0 saturated carbocycles. The summed E-state index contributed by atoms with van der Waals surface area (Å²) in [4.78, 5) is 28.1. The molecule has 1 saturated heterocycles. The van der Waals surface area contributed by atoms with Crippen LogP contribution in [0.3, 0.4) is 0 Å². The van der Waals surface area contributed by atoms with Crippen LogP contribution < -0.4 is 4.90 Å². The fourth-order valence-corrected chi connectivity index (χ4v) is 7.02. The molecule has 1 aliphatic rings. The van der Waals surface area contributed by atoms with E-state index in [4.69, 9.17) is 23.2 Å². The van der Waals surface area contributed by atoms with Crippen molar-refractivity contribution in [3.63, 3.8) is 0 Å². The molecule has 2 heterocycles. The number of carbonyl (C=O) groups is 2. The molecule has 1 aromatic heterocycles. The summed E-state index contributed by atoms with van der Waals surface area (Å²) in [5.74, 6) is -2.30. The number of hydrogen-bond donors (Lipinski definition) is 1. The van der Waals surface area contributed by atoms with Crippen LogP contribution in [0.25, 0.3) is 16.5 Å². The van der Waals surface area contributed by atoms with E-state index in [1.165, 1.54) is 40.9 Å². The van der Waals surface area contributed by atoms with Crippen LogP contribution in [0.2, 0.25) is 10.0 Å². The maximum absolute atomic E-state index is 14.4. The average Bonchev–Trinajstić information content (AvgIpc) is 3.56. The largest absolute Gasteiger partial charge is 0.507 e. The van der Waals surface area contributed by atoms with Gasteiger partial charge < -0.3 is 5.11 Å². The molecule has 0 bridgehead atoms. The van der Waals surface area contributed by atoms with Gasteiger partial charge in [0, 0.05) is 11.3 Å². The number of anilines is 1. The first-order chi connectivity index (χ1) is 20.2. The molecular formula is C31H20Cl2FN3O3S2. The van der Waals surface area contributed by atoms with Crippen LogP contribution in [0.15, 0.2) is 88.8 Å². The number of thioether (sulfide) groups is 1. The van der Waals surface area contributed by atoms with Crippen LogP contribution in [-0.2, 0) is 15.3 Å². The van der Waals surface area contributed by atoms with Gasteiger partial charge in [-0.1, -0.05) is 107 Å². The van der Waals surface area contributed by atoms with Crippen molar-refractivity contribution in [3.8, 4) is 0 Å². The first-order valence-corrected chi connectivity index (χ1v) is 15.2. The fraction of sp³-hybridized carbons (Fsp3) is 0.0968. The number of rotatable bonds is 6. The average molecular weight is 637 g/mol. The lowest BCUT2D eigenvalue weighted by Crippen LogP contribution is -2.29. The molecule has 0 unspecified atom stereocenters. The number of carbonyl (C=O) groups excluding carboxylic acids is 2. The van der Waals surface area contributed by atoms with E-state index in [1.54, 1.807) is 13.0 Å². The SMILES string of the molecule is Cc1ccc(C(O)=C2C(=O)C(=O)N(c3nnc(SCc4cccc5ccccc45)s3)[C@H]2c2ccc(Cl)c(Cl)c2)cc1F. The van der Waals surface area contributed by atoms with Crippen LogP contribution in [0.5, 0.6) is 0 Å². The highest BCUT2D eigenvalue weighted by Gasteiger charge is 2.48. The summed E-state index contributed by atoms with van der Waals surface area (Å²) in [5.41, 5.74) is 1.75. The topological polar surface area (TPSA) is 83.4 Å². The van der Waals surface area contributed by atoms with Crippen molar-refractivity contribution in [2.24, 2.45) is 0 Å². The lowest BCUT2D eigenvalue weighted by Gasteiger charge is -2.23. The third-order valence-corrected chi connectivity index (χ3v) is 9.83. The Morgan fingerprint density at radius 2 is 1.79 bits per heavy atom. The van der Waals surface area contributed by atoms with Gasteiger partial charge in [0.05, 0.1) is 21.7 Å². The number of aromatic nitrogens is 2. The van der Waals surface area contributed by atoms with Crippen molar-refractivity contribution >= 4 is 79.7 Å². The lowest BCUT2D eigenvalue weighted by atomic mass is 9.95. The molecule has 42 heavy (non-hydrogen) atoms. The molecule has 210 valence electrons. The monoisotopic (exact) mass is 635 g/mol. The Balaban J connectivity index is 1.39. The maximum Gasteiger partial charge on any atom is 0.301 e. The third-order valence-electron chi connectivity index (χ3n) is 6.98. The van der Waals surface area contributed by atoms with Crippen LogP contribution >= 0.6 is 46.3 Å². The Kier molecular flexibility index (Phi) is 7.76. The van der Waals surface area contributed by atoms with Crippen molar-refractivity contribution < 1.29 is 19.1 Å². The predicted octanol–water partition coefficient (Wildman–Crippen LogP) is 8.36. The van der Waals surface area contributed by atoms with E-state index in [0.29, 0.717) is 21.2 Å². The highest BCUT2D eigenvalue weighted by molar-refractivity contribution is 8.00. The van der Waals surface area contributed by atoms with Gasteiger partial charge in [-0.2, -0.15) is 0 Å². The molecule has 1 atom stereocenters. The van der Waals surface area contributed by atoms with Gasteiger partial charge in [-0.05, 0) is 52.6 Å². The Labute approximate surface area is 258 Å². The van der Waals surface area contributed by atoms with Crippen molar-refractivity contribution in [2.75, 3.05) is 4.90 Å². The normalized spacial score (nSPS) is 16.5. The van der Waals surface area contributed by atoms with Gasteiger partial charge in [0.15, 0.2) is 4.34 Å². The van der Waals surface area contributed by atoms with Gasteiger partial charge >= 0.3 is 5.91 Å². The van der Waals surface area contributed by atoms with E-state index in [0.717, 1.165) is 33.7 Å². The van der Waals surface area contributed by atoms with E-state index in [1.807, 2.05) is 24.3 Å². The van der Waals surface area contributed by atoms with Gasteiger partial charge in [-0.25, -0.2) is 4.39 Å². The van der Waals surface area contributed by atoms with Crippen LogP contribution in [-0.4, -0.2) is 27.0 Å². The van der Waals surface area contributed by atoms with Crippen molar-refractivity contribution in [2.45, 2.75) is 23.1 Å². The smallest absolute Gasteiger partial charge is 0.301 e. The summed E-state index contributed by atoms with van der Waals surface area (Å²) in [7, 11) is 0. The number of nitrogens with zero attached hydrogens (tertiary/aromatic N) is 3. The fourth-order valence-electron chi connectivity index (χ4n) is 4.84. The quantitative estimate of drug-likeness (QED) is 0.0663.